The Bertz CT molecular complexity index is 1130. The highest BCUT2D eigenvalue weighted by Gasteiger charge is 2.41. The van der Waals surface area contributed by atoms with E-state index in [1.807, 2.05) is 6.07 Å². The van der Waals surface area contributed by atoms with Gasteiger partial charge in [0.2, 0.25) is 10.0 Å². The molecule has 0 radical (unpaired) electrons. The summed E-state index contributed by atoms with van der Waals surface area (Å²) in [6, 6.07) is 3.25. The van der Waals surface area contributed by atoms with Gasteiger partial charge in [0.25, 0.3) is 0 Å². The van der Waals surface area contributed by atoms with E-state index in [2.05, 4.69) is 9.71 Å². The molecule has 1 aliphatic carbocycles. The molecule has 192 valence electrons. The fourth-order valence-corrected chi connectivity index (χ4v) is 5.73. The third-order valence-corrected chi connectivity index (χ3v) is 7.56. The van der Waals surface area contributed by atoms with Gasteiger partial charge in [0, 0.05) is 31.3 Å². The number of nitrogens with zero attached hydrogens (tertiary/aromatic N) is 1. The van der Waals surface area contributed by atoms with E-state index in [9.17, 15) is 39.6 Å². The summed E-state index contributed by atoms with van der Waals surface area (Å²) in [7, 11) is -4.88. The molecule has 1 N–H and O–H groups in total. The summed E-state index contributed by atoms with van der Waals surface area (Å²) in [6.45, 7) is 0. The van der Waals surface area contributed by atoms with Gasteiger partial charge in [-0.15, -0.1) is 0 Å². The van der Waals surface area contributed by atoms with E-state index < -0.39 is 44.4 Å². The van der Waals surface area contributed by atoms with Crippen molar-refractivity contribution in [2.45, 2.75) is 68.2 Å². The van der Waals surface area contributed by atoms with Gasteiger partial charge in [-0.25, -0.2) is 13.1 Å². The second-order valence-corrected chi connectivity index (χ2v) is 10.3. The molecule has 1 aromatic carbocycles. The molecule has 0 aliphatic heterocycles. The molecular formula is C23H24F6N2O3S. The second-order valence-electron chi connectivity index (χ2n) is 8.65. The van der Waals surface area contributed by atoms with Crippen LogP contribution in [0.15, 0.2) is 47.6 Å². The highest BCUT2D eigenvalue weighted by atomic mass is 32.2. The fraction of sp³-hybridized carbons (Fsp3) is 0.478. The summed E-state index contributed by atoms with van der Waals surface area (Å²) in [6.07, 6.45) is -4.16. The number of sulfonamides is 1. The molecule has 1 saturated carbocycles. The third kappa shape index (κ3) is 7.50. The topological polar surface area (TPSA) is 76.1 Å². The standard InChI is InChI=1S/C23H24F6N2O3S/c24-22(25,26)17-6-10-20(23(27,28)29)21(13-17)35(33,34)31-18-7-3-15(4-8-18)12-19(32)9-5-16-2-1-11-30-14-16/h1-2,6,10-11,13-15,18,31H,3-5,7-9,12H2. The highest BCUT2D eigenvalue weighted by Crippen LogP contribution is 2.39. The van der Waals surface area contributed by atoms with E-state index in [0.29, 0.717) is 32.1 Å². The number of alkyl halides is 6. The molecule has 0 bridgehead atoms. The van der Waals surface area contributed by atoms with Gasteiger partial charge in [0.1, 0.15) is 5.78 Å². The van der Waals surface area contributed by atoms with Crippen LogP contribution in [0.5, 0.6) is 0 Å². The Balaban J connectivity index is 1.61. The van der Waals surface area contributed by atoms with E-state index in [-0.39, 0.29) is 42.7 Å². The molecule has 0 spiro atoms. The van der Waals surface area contributed by atoms with Gasteiger partial charge in [-0.05, 0) is 67.9 Å². The first-order valence-corrected chi connectivity index (χ1v) is 12.5. The maximum absolute atomic E-state index is 13.3. The van der Waals surface area contributed by atoms with Gasteiger partial charge in [0.05, 0.1) is 16.0 Å². The number of hydrogen-bond acceptors (Lipinski definition) is 4. The summed E-state index contributed by atoms with van der Waals surface area (Å²) >= 11 is 0. The number of aryl methyl sites for hydroxylation is 1. The van der Waals surface area contributed by atoms with Crippen molar-refractivity contribution >= 4 is 15.8 Å². The molecule has 12 heteroatoms. The van der Waals surface area contributed by atoms with Crippen molar-refractivity contribution in [1.82, 2.24) is 9.71 Å². The molecule has 0 amide bonds. The molecular weight excluding hydrogens is 498 g/mol. The molecule has 1 aliphatic rings. The summed E-state index contributed by atoms with van der Waals surface area (Å²) in [5.74, 6) is 0.0631. The number of carbonyl (C=O) groups is 1. The maximum atomic E-state index is 13.3. The van der Waals surface area contributed by atoms with E-state index in [4.69, 9.17) is 0 Å². The Morgan fingerprint density at radius 1 is 1.00 bits per heavy atom. The zero-order valence-corrected chi connectivity index (χ0v) is 19.3. The molecule has 0 atom stereocenters. The first-order chi connectivity index (χ1) is 16.3. The maximum Gasteiger partial charge on any atom is 0.417 e. The van der Waals surface area contributed by atoms with Gasteiger partial charge in [-0.3, -0.25) is 9.78 Å². The number of carbonyl (C=O) groups excluding carboxylic acids is 1. The number of rotatable bonds is 8. The summed E-state index contributed by atoms with van der Waals surface area (Å²) in [5.41, 5.74) is -2.21. The zero-order chi connectivity index (χ0) is 25.9. The van der Waals surface area contributed by atoms with Gasteiger partial charge in [-0.1, -0.05) is 6.07 Å². The minimum absolute atomic E-state index is 0.0106. The number of nitrogens with one attached hydrogen (secondary N) is 1. The predicted octanol–water partition coefficient (Wildman–Crippen LogP) is 5.55. The molecule has 1 aromatic heterocycles. The first kappa shape index (κ1) is 27.1. The fourth-order valence-electron chi connectivity index (χ4n) is 4.18. The molecule has 0 unspecified atom stereocenters. The average Bonchev–Trinajstić information content (AvgIpc) is 2.78. The molecule has 5 nitrogen and oxygen atoms in total. The Morgan fingerprint density at radius 3 is 2.26 bits per heavy atom. The van der Waals surface area contributed by atoms with Crippen LogP contribution in [0.25, 0.3) is 0 Å². The lowest BCUT2D eigenvalue weighted by atomic mass is 9.83. The van der Waals surface area contributed by atoms with E-state index in [1.165, 1.54) is 0 Å². The van der Waals surface area contributed by atoms with E-state index in [0.717, 1.165) is 5.56 Å². The lowest BCUT2D eigenvalue weighted by Crippen LogP contribution is -2.38. The average molecular weight is 523 g/mol. The van der Waals surface area contributed by atoms with E-state index >= 15 is 0 Å². The Kier molecular flexibility index (Phi) is 8.25. The Hall–Kier alpha value is -2.47. The van der Waals surface area contributed by atoms with Crippen molar-refractivity contribution in [3.05, 3.63) is 59.4 Å². The molecule has 2 aromatic rings. The predicted molar refractivity (Wildman–Crippen MR) is 115 cm³/mol. The molecule has 0 saturated heterocycles. The monoisotopic (exact) mass is 522 g/mol. The minimum Gasteiger partial charge on any atom is -0.300 e. The van der Waals surface area contributed by atoms with Crippen molar-refractivity contribution in [3.8, 4) is 0 Å². The number of halogens is 6. The van der Waals surface area contributed by atoms with Gasteiger partial charge in [0.15, 0.2) is 0 Å². The number of ketones is 1. The highest BCUT2D eigenvalue weighted by molar-refractivity contribution is 7.89. The number of benzene rings is 1. The van der Waals surface area contributed by atoms with Crippen molar-refractivity contribution in [3.63, 3.8) is 0 Å². The number of hydrogen-bond donors (Lipinski definition) is 1. The second kappa shape index (κ2) is 10.7. The number of Topliss-reactive ketones (excluding diaryl/α,β-unsaturated/α-hetero) is 1. The SMILES string of the molecule is O=C(CCc1cccnc1)CC1CCC(NS(=O)(=O)c2cc(C(F)(F)F)ccc2C(F)(F)F)CC1. The van der Waals surface area contributed by atoms with Gasteiger partial charge >= 0.3 is 12.4 Å². The van der Waals surface area contributed by atoms with Crippen molar-refractivity contribution in [1.29, 1.82) is 0 Å². The van der Waals surface area contributed by atoms with Crippen molar-refractivity contribution < 1.29 is 39.6 Å². The van der Waals surface area contributed by atoms with Crippen LogP contribution in [0.2, 0.25) is 0 Å². The smallest absolute Gasteiger partial charge is 0.300 e. The lowest BCUT2D eigenvalue weighted by molar-refractivity contribution is -0.143. The van der Waals surface area contributed by atoms with E-state index in [1.54, 1.807) is 18.5 Å². The largest absolute Gasteiger partial charge is 0.417 e. The Labute approximate surface area is 199 Å². The quantitative estimate of drug-likeness (QED) is 0.462. The van der Waals surface area contributed by atoms with Crippen LogP contribution in [-0.4, -0.2) is 25.2 Å². The van der Waals surface area contributed by atoms with Crippen LogP contribution in [0.1, 0.15) is 55.2 Å². The van der Waals surface area contributed by atoms with Crippen LogP contribution in [0, 0.1) is 5.92 Å². The summed E-state index contributed by atoms with van der Waals surface area (Å²) < 4.78 is 107. The number of aromatic nitrogens is 1. The van der Waals surface area contributed by atoms with Crippen molar-refractivity contribution in [2.24, 2.45) is 5.92 Å². The van der Waals surface area contributed by atoms with Crippen molar-refractivity contribution in [2.75, 3.05) is 0 Å². The lowest BCUT2D eigenvalue weighted by Gasteiger charge is -2.29. The molecule has 35 heavy (non-hydrogen) atoms. The third-order valence-electron chi connectivity index (χ3n) is 6.00. The summed E-state index contributed by atoms with van der Waals surface area (Å²) in [5, 5.41) is 0. The number of pyridine rings is 1. The molecule has 1 fully saturated rings. The van der Waals surface area contributed by atoms with Crippen LogP contribution < -0.4 is 4.72 Å². The van der Waals surface area contributed by atoms with Crippen LogP contribution in [0.4, 0.5) is 26.3 Å². The summed E-state index contributed by atoms with van der Waals surface area (Å²) in [4.78, 5) is 14.8. The molecule has 3 rings (SSSR count). The van der Waals surface area contributed by atoms with Gasteiger partial charge < -0.3 is 0 Å². The van der Waals surface area contributed by atoms with Gasteiger partial charge in [-0.2, -0.15) is 26.3 Å². The van der Waals surface area contributed by atoms with Crippen LogP contribution in [-0.2, 0) is 33.6 Å². The normalized spacial score (nSPS) is 19.5. The van der Waals surface area contributed by atoms with Crippen LogP contribution in [0.3, 0.4) is 0 Å². The van der Waals surface area contributed by atoms with Crippen LogP contribution >= 0.6 is 0 Å². The molecule has 1 heterocycles. The first-order valence-electron chi connectivity index (χ1n) is 11.0. The minimum atomic E-state index is -5.15. The zero-order valence-electron chi connectivity index (χ0n) is 18.5. The Morgan fingerprint density at radius 2 is 1.69 bits per heavy atom.